The fourth-order valence-corrected chi connectivity index (χ4v) is 5.57. The number of benzene rings is 3. The molecule has 0 bridgehead atoms. The number of amides is 3. The smallest absolute Gasteiger partial charge is 0.407 e. The Bertz CT molecular complexity index is 1460. The van der Waals surface area contributed by atoms with Crippen molar-refractivity contribution in [2.24, 2.45) is 0 Å². The molecule has 0 spiro atoms. The number of para-hydroxylation sites is 2. The Morgan fingerprint density at radius 1 is 0.979 bits per heavy atom. The number of nitrogens with zero attached hydrogens (tertiary/aromatic N) is 1. The van der Waals surface area contributed by atoms with Gasteiger partial charge in [0.05, 0.1) is 39.6 Å². The summed E-state index contributed by atoms with van der Waals surface area (Å²) in [4.78, 5) is 37.6. The minimum Gasteiger partial charge on any atom is -0.496 e. The van der Waals surface area contributed by atoms with E-state index >= 15 is 0 Å². The van der Waals surface area contributed by atoms with Gasteiger partial charge >= 0.3 is 6.09 Å². The van der Waals surface area contributed by atoms with E-state index in [2.05, 4.69) is 10.6 Å². The van der Waals surface area contributed by atoms with Gasteiger partial charge in [-0.25, -0.2) is 4.79 Å². The molecule has 4 rings (SSSR count). The van der Waals surface area contributed by atoms with Gasteiger partial charge in [-0.2, -0.15) is 0 Å². The van der Waals surface area contributed by atoms with E-state index in [1.54, 1.807) is 14.0 Å². The van der Waals surface area contributed by atoms with Crippen LogP contribution in [0.1, 0.15) is 49.3 Å². The quantitative estimate of drug-likeness (QED) is 0.180. The Balaban J connectivity index is 1.30. The number of carbonyl (C=O) groups is 3. The summed E-state index contributed by atoms with van der Waals surface area (Å²) in [5.74, 6) is 0.974. The average molecular weight is 648 g/mol. The summed E-state index contributed by atoms with van der Waals surface area (Å²) in [5, 5.41) is 15.4. The number of ether oxygens (including phenoxy) is 4. The molecule has 3 aromatic rings. The Kier molecular flexibility index (Phi) is 13.4. The molecule has 11 heteroatoms. The maximum atomic E-state index is 13.2. The molecule has 252 valence electrons. The van der Waals surface area contributed by atoms with E-state index in [-0.39, 0.29) is 24.3 Å². The number of likely N-dealkylation sites (tertiary alicyclic amines) is 1. The highest BCUT2D eigenvalue weighted by Crippen LogP contribution is 2.32. The van der Waals surface area contributed by atoms with E-state index in [0.29, 0.717) is 51.4 Å². The topological polar surface area (TPSA) is 136 Å². The van der Waals surface area contributed by atoms with Gasteiger partial charge in [0, 0.05) is 43.6 Å². The van der Waals surface area contributed by atoms with Crippen LogP contribution < -0.4 is 20.1 Å². The number of rotatable bonds is 16. The number of carbonyl (C=O) groups excluding carboxylic acids is 2. The summed E-state index contributed by atoms with van der Waals surface area (Å²) < 4.78 is 23.3. The molecule has 0 radical (unpaired) electrons. The van der Waals surface area contributed by atoms with Crippen molar-refractivity contribution in [1.82, 2.24) is 10.2 Å². The van der Waals surface area contributed by atoms with Crippen molar-refractivity contribution >= 4 is 23.6 Å². The van der Waals surface area contributed by atoms with Gasteiger partial charge in [0.2, 0.25) is 5.91 Å². The third-order valence-electron chi connectivity index (χ3n) is 8.08. The summed E-state index contributed by atoms with van der Waals surface area (Å²) in [6.45, 7) is 5.62. The standard InChI is InChI=1S/C36H45N3O8/c1-25(35(41)38-32-11-6-4-9-28(32)17-19-37-26(2)40)47-34-23-39(36(42)43)20-18-31(34)27-13-15-30(16-14-27)46-22-8-21-45-24-29-10-5-7-12-33(29)44-3/h4-7,9-16,25,31,34H,8,17-24H2,1-3H3,(H,37,40)(H,38,41)(H,42,43)/t25-,31?,34?/m0/s1. The van der Waals surface area contributed by atoms with Crippen LogP contribution in [0.15, 0.2) is 72.8 Å². The normalized spacial score (nSPS) is 16.6. The highest BCUT2D eigenvalue weighted by molar-refractivity contribution is 5.94. The van der Waals surface area contributed by atoms with Crippen LogP contribution in [0.5, 0.6) is 11.5 Å². The van der Waals surface area contributed by atoms with Gasteiger partial charge < -0.3 is 39.6 Å². The second kappa shape index (κ2) is 17.9. The second-order valence-electron chi connectivity index (χ2n) is 11.5. The molecular weight excluding hydrogens is 602 g/mol. The lowest BCUT2D eigenvalue weighted by atomic mass is 9.87. The lowest BCUT2D eigenvalue weighted by Gasteiger charge is -2.38. The number of carboxylic acid groups (broad SMARTS) is 1. The van der Waals surface area contributed by atoms with Crippen molar-refractivity contribution in [2.45, 2.75) is 57.8 Å². The van der Waals surface area contributed by atoms with Gasteiger partial charge in [-0.15, -0.1) is 0 Å². The van der Waals surface area contributed by atoms with Crippen LogP contribution in [0.2, 0.25) is 0 Å². The number of hydrogen-bond donors (Lipinski definition) is 3. The Labute approximate surface area is 276 Å². The van der Waals surface area contributed by atoms with Crippen LogP contribution in [0.4, 0.5) is 10.5 Å². The van der Waals surface area contributed by atoms with E-state index in [9.17, 15) is 19.5 Å². The molecule has 0 saturated carbocycles. The molecule has 47 heavy (non-hydrogen) atoms. The molecule has 11 nitrogen and oxygen atoms in total. The van der Waals surface area contributed by atoms with Crippen LogP contribution >= 0.6 is 0 Å². The Morgan fingerprint density at radius 3 is 2.43 bits per heavy atom. The summed E-state index contributed by atoms with van der Waals surface area (Å²) in [6.07, 6.45) is -0.546. The second-order valence-corrected chi connectivity index (χ2v) is 11.5. The Morgan fingerprint density at radius 2 is 1.70 bits per heavy atom. The molecule has 1 aliphatic heterocycles. The first kappa shape index (κ1) is 35.2. The number of piperidine rings is 1. The fourth-order valence-electron chi connectivity index (χ4n) is 5.57. The highest BCUT2D eigenvalue weighted by Gasteiger charge is 2.35. The number of methoxy groups -OCH3 is 1. The minimum absolute atomic E-state index is 0.108. The first-order valence-electron chi connectivity index (χ1n) is 15.9. The predicted octanol–water partition coefficient (Wildman–Crippen LogP) is 5.24. The van der Waals surface area contributed by atoms with Gasteiger partial charge in [0.1, 0.15) is 17.6 Å². The largest absolute Gasteiger partial charge is 0.496 e. The van der Waals surface area contributed by atoms with Crippen molar-refractivity contribution in [2.75, 3.05) is 45.3 Å². The summed E-state index contributed by atoms with van der Waals surface area (Å²) >= 11 is 0. The molecule has 1 saturated heterocycles. The summed E-state index contributed by atoms with van der Waals surface area (Å²) in [5.41, 5.74) is 3.52. The average Bonchev–Trinajstić information content (AvgIpc) is 3.07. The molecule has 0 aliphatic carbocycles. The van der Waals surface area contributed by atoms with Crippen LogP contribution in [0.25, 0.3) is 0 Å². The third-order valence-corrected chi connectivity index (χ3v) is 8.08. The molecular formula is C36H45N3O8. The third kappa shape index (κ3) is 10.7. The monoisotopic (exact) mass is 647 g/mol. The summed E-state index contributed by atoms with van der Waals surface area (Å²) in [7, 11) is 1.64. The SMILES string of the molecule is COc1ccccc1COCCCOc1ccc(C2CCN(C(=O)O)CC2O[C@@H](C)C(=O)Nc2ccccc2CCNC(C)=O)cc1. The first-order valence-corrected chi connectivity index (χ1v) is 15.9. The van der Waals surface area contributed by atoms with Gasteiger partial charge in [-0.05, 0) is 55.2 Å². The molecule has 2 unspecified atom stereocenters. The predicted molar refractivity (Wildman–Crippen MR) is 178 cm³/mol. The van der Waals surface area contributed by atoms with Crippen LogP contribution in [0, 0.1) is 0 Å². The maximum Gasteiger partial charge on any atom is 0.407 e. The van der Waals surface area contributed by atoms with E-state index in [0.717, 1.165) is 34.6 Å². The highest BCUT2D eigenvalue weighted by atomic mass is 16.5. The lowest BCUT2D eigenvalue weighted by Crippen LogP contribution is -2.48. The maximum absolute atomic E-state index is 13.2. The number of nitrogens with one attached hydrogen (secondary N) is 2. The van der Waals surface area contributed by atoms with E-state index in [1.165, 1.54) is 11.8 Å². The molecule has 0 aromatic heterocycles. The fraction of sp³-hybridized carbons (Fsp3) is 0.417. The van der Waals surface area contributed by atoms with Gasteiger partial charge in [-0.1, -0.05) is 48.5 Å². The van der Waals surface area contributed by atoms with E-state index in [4.69, 9.17) is 18.9 Å². The van der Waals surface area contributed by atoms with Crippen molar-refractivity contribution in [1.29, 1.82) is 0 Å². The zero-order valence-corrected chi connectivity index (χ0v) is 27.3. The molecule has 1 heterocycles. The van der Waals surface area contributed by atoms with Crippen LogP contribution in [-0.2, 0) is 32.1 Å². The first-order chi connectivity index (χ1) is 22.7. The zero-order chi connectivity index (χ0) is 33.6. The van der Waals surface area contributed by atoms with E-state index < -0.39 is 18.3 Å². The van der Waals surface area contributed by atoms with Gasteiger partial charge in [-0.3, -0.25) is 9.59 Å². The minimum atomic E-state index is -1.02. The molecule has 3 N–H and O–H groups in total. The van der Waals surface area contributed by atoms with Crippen molar-refractivity contribution in [3.63, 3.8) is 0 Å². The van der Waals surface area contributed by atoms with Crippen LogP contribution in [-0.4, -0.2) is 80.1 Å². The number of hydrogen-bond acceptors (Lipinski definition) is 7. The Hall–Kier alpha value is -4.61. The number of anilines is 1. The van der Waals surface area contributed by atoms with E-state index in [1.807, 2.05) is 72.8 Å². The molecule has 1 aliphatic rings. The van der Waals surface area contributed by atoms with Crippen LogP contribution in [0.3, 0.4) is 0 Å². The summed E-state index contributed by atoms with van der Waals surface area (Å²) in [6, 6.07) is 22.9. The molecule has 3 amide bonds. The van der Waals surface area contributed by atoms with Gasteiger partial charge in [0.15, 0.2) is 0 Å². The van der Waals surface area contributed by atoms with Crippen molar-refractivity contribution in [3.8, 4) is 11.5 Å². The lowest BCUT2D eigenvalue weighted by molar-refractivity contribution is -0.132. The van der Waals surface area contributed by atoms with Crippen molar-refractivity contribution in [3.05, 3.63) is 89.5 Å². The molecule has 1 fully saturated rings. The molecule has 3 atom stereocenters. The zero-order valence-electron chi connectivity index (χ0n) is 27.3. The van der Waals surface area contributed by atoms with Crippen molar-refractivity contribution < 1.29 is 38.4 Å². The molecule has 3 aromatic carbocycles. The van der Waals surface area contributed by atoms with Gasteiger partial charge in [0.25, 0.3) is 5.91 Å².